The number of hydrogen-bond donors (Lipinski definition) is 1. The normalized spacial score (nSPS) is 12.3. The van der Waals surface area contributed by atoms with Crippen molar-refractivity contribution >= 4 is 0 Å². The predicted octanol–water partition coefficient (Wildman–Crippen LogP) is 3.96. The molecule has 0 spiro atoms. The molecule has 1 nitrogen and oxygen atoms in total. The molecule has 3 aromatic carbocycles. The van der Waals surface area contributed by atoms with Crippen LogP contribution >= 0.6 is 0 Å². The first-order chi connectivity index (χ1) is 11.7. The van der Waals surface area contributed by atoms with Crippen LogP contribution in [0, 0.1) is 24.2 Å². The fraction of sp³-hybridized carbons (Fsp3) is 0.0435. The van der Waals surface area contributed by atoms with Crippen LogP contribution in [-0.4, -0.2) is 5.11 Å². The van der Waals surface area contributed by atoms with Crippen molar-refractivity contribution in [3.05, 3.63) is 107 Å². The summed E-state index contributed by atoms with van der Waals surface area (Å²) in [5.74, 6) is 8.79. The number of hydrogen-bond acceptors (Lipinski definition) is 1. The van der Waals surface area contributed by atoms with E-state index in [1.54, 1.807) is 0 Å². The van der Waals surface area contributed by atoms with E-state index in [-0.39, 0.29) is 0 Å². The van der Waals surface area contributed by atoms with Gasteiger partial charge in [-0.05, 0) is 18.2 Å². The molecule has 0 fully saturated rings. The standard InChI is InChI=1S/C23H16O/c1-2-23(24,21-14-7-4-8-15-21)22-16-10-9-13-20(22)18-17-19-11-5-3-6-12-19/h1,3-16,24H. The molecule has 1 unspecified atom stereocenters. The van der Waals surface area contributed by atoms with E-state index >= 15 is 0 Å². The molecule has 1 atom stereocenters. The average molecular weight is 308 g/mol. The van der Waals surface area contributed by atoms with Crippen molar-refractivity contribution < 1.29 is 5.11 Å². The van der Waals surface area contributed by atoms with Crippen LogP contribution in [0.4, 0.5) is 0 Å². The molecule has 3 rings (SSSR count). The zero-order chi connectivity index (χ0) is 16.8. The lowest BCUT2D eigenvalue weighted by atomic mass is 9.84. The molecule has 24 heavy (non-hydrogen) atoms. The highest BCUT2D eigenvalue weighted by atomic mass is 16.3. The number of benzene rings is 3. The Labute approximate surface area is 142 Å². The summed E-state index contributed by atoms with van der Waals surface area (Å²) in [4.78, 5) is 0. The summed E-state index contributed by atoms with van der Waals surface area (Å²) in [7, 11) is 0. The predicted molar refractivity (Wildman–Crippen MR) is 97.1 cm³/mol. The van der Waals surface area contributed by atoms with Crippen LogP contribution in [0.5, 0.6) is 0 Å². The fourth-order valence-corrected chi connectivity index (χ4v) is 2.56. The van der Waals surface area contributed by atoms with Crippen LogP contribution in [-0.2, 0) is 5.60 Å². The summed E-state index contributed by atoms with van der Waals surface area (Å²) >= 11 is 0. The molecule has 3 aromatic rings. The molecule has 114 valence electrons. The van der Waals surface area contributed by atoms with E-state index in [9.17, 15) is 5.11 Å². The third kappa shape index (κ3) is 3.08. The lowest BCUT2D eigenvalue weighted by Crippen LogP contribution is -2.26. The minimum atomic E-state index is -1.51. The molecule has 0 aromatic heterocycles. The maximum atomic E-state index is 11.1. The maximum Gasteiger partial charge on any atom is 0.177 e. The summed E-state index contributed by atoms with van der Waals surface area (Å²) < 4.78 is 0. The van der Waals surface area contributed by atoms with Crippen LogP contribution in [0.2, 0.25) is 0 Å². The van der Waals surface area contributed by atoms with Gasteiger partial charge in [0, 0.05) is 22.3 Å². The Morgan fingerprint density at radius 2 is 1.29 bits per heavy atom. The Balaban J connectivity index is 2.10. The van der Waals surface area contributed by atoms with E-state index in [0.717, 1.165) is 5.56 Å². The molecule has 0 amide bonds. The van der Waals surface area contributed by atoms with E-state index in [1.807, 2.05) is 84.9 Å². The van der Waals surface area contributed by atoms with E-state index in [4.69, 9.17) is 6.42 Å². The Kier molecular flexibility index (Phi) is 4.48. The fourth-order valence-electron chi connectivity index (χ4n) is 2.56. The molecule has 0 aliphatic carbocycles. The van der Waals surface area contributed by atoms with E-state index in [1.165, 1.54) is 0 Å². The van der Waals surface area contributed by atoms with Gasteiger partial charge in [0.15, 0.2) is 5.60 Å². The Morgan fingerprint density at radius 3 is 1.96 bits per heavy atom. The Bertz CT molecular complexity index is 924. The van der Waals surface area contributed by atoms with Gasteiger partial charge < -0.3 is 5.11 Å². The third-order valence-electron chi connectivity index (χ3n) is 3.83. The van der Waals surface area contributed by atoms with Gasteiger partial charge in [0.05, 0.1) is 0 Å². The first-order valence-electron chi connectivity index (χ1n) is 7.66. The van der Waals surface area contributed by atoms with Gasteiger partial charge in [-0.3, -0.25) is 0 Å². The number of rotatable bonds is 2. The molecule has 0 radical (unpaired) electrons. The topological polar surface area (TPSA) is 20.2 Å². The molecular formula is C23H16O. The van der Waals surface area contributed by atoms with Gasteiger partial charge in [-0.1, -0.05) is 84.5 Å². The second-order valence-electron chi connectivity index (χ2n) is 5.38. The molecular weight excluding hydrogens is 292 g/mol. The van der Waals surface area contributed by atoms with Crippen LogP contribution in [0.3, 0.4) is 0 Å². The second-order valence-corrected chi connectivity index (χ2v) is 5.38. The lowest BCUT2D eigenvalue weighted by Gasteiger charge is -2.24. The highest BCUT2D eigenvalue weighted by Crippen LogP contribution is 2.31. The maximum absolute atomic E-state index is 11.1. The van der Waals surface area contributed by atoms with Gasteiger partial charge in [0.1, 0.15) is 0 Å². The zero-order valence-electron chi connectivity index (χ0n) is 13.1. The zero-order valence-corrected chi connectivity index (χ0v) is 13.1. The second kappa shape index (κ2) is 6.88. The van der Waals surface area contributed by atoms with Crippen LogP contribution in [0.1, 0.15) is 22.3 Å². The smallest absolute Gasteiger partial charge is 0.177 e. The van der Waals surface area contributed by atoms with E-state index in [0.29, 0.717) is 16.7 Å². The summed E-state index contributed by atoms with van der Waals surface area (Å²) in [5.41, 5.74) is 1.38. The van der Waals surface area contributed by atoms with Gasteiger partial charge >= 0.3 is 0 Å². The van der Waals surface area contributed by atoms with Crippen molar-refractivity contribution in [1.82, 2.24) is 0 Å². The van der Waals surface area contributed by atoms with E-state index in [2.05, 4.69) is 17.8 Å². The number of aliphatic hydroxyl groups is 1. The van der Waals surface area contributed by atoms with Crippen molar-refractivity contribution in [3.63, 3.8) is 0 Å². The average Bonchev–Trinajstić information content (AvgIpc) is 2.67. The molecule has 0 bridgehead atoms. The largest absolute Gasteiger partial charge is 0.369 e. The molecule has 0 saturated carbocycles. The summed E-state index contributed by atoms with van der Waals surface area (Å²) in [5, 5.41) is 11.1. The Morgan fingerprint density at radius 1 is 0.708 bits per heavy atom. The van der Waals surface area contributed by atoms with Gasteiger partial charge in [-0.15, -0.1) is 6.42 Å². The monoisotopic (exact) mass is 308 g/mol. The summed E-state index contributed by atoms with van der Waals surface area (Å²) in [6.07, 6.45) is 5.70. The van der Waals surface area contributed by atoms with Crippen molar-refractivity contribution in [3.8, 4) is 24.2 Å². The molecule has 1 N–H and O–H groups in total. The van der Waals surface area contributed by atoms with Crippen molar-refractivity contribution in [2.75, 3.05) is 0 Å². The van der Waals surface area contributed by atoms with E-state index < -0.39 is 5.60 Å². The minimum absolute atomic E-state index is 0.613. The molecule has 0 saturated heterocycles. The third-order valence-corrected chi connectivity index (χ3v) is 3.83. The van der Waals surface area contributed by atoms with Crippen LogP contribution in [0.25, 0.3) is 0 Å². The first kappa shape index (κ1) is 15.6. The van der Waals surface area contributed by atoms with Crippen molar-refractivity contribution in [2.45, 2.75) is 5.60 Å². The van der Waals surface area contributed by atoms with Crippen LogP contribution in [0.15, 0.2) is 84.9 Å². The highest BCUT2D eigenvalue weighted by molar-refractivity contribution is 5.54. The minimum Gasteiger partial charge on any atom is -0.369 e. The quantitative estimate of drug-likeness (QED) is 0.711. The SMILES string of the molecule is C#CC(O)(c1ccccc1)c1ccccc1C#Cc1ccccc1. The highest BCUT2D eigenvalue weighted by Gasteiger charge is 2.30. The molecule has 0 aliphatic rings. The summed E-state index contributed by atoms with van der Waals surface area (Å²) in [6, 6.07) is 26.4. The van der Waals surface area contributed by atoms with Gasteiger partial charge in [-0.25, -0.2) is 0 Å². The molecule has 0 heterocycles. The molecule has 1 heteroatoms. The van der Waals surface area contributed by atoms with Gasteiger partial charge in [-0.2, -0.15) is 0 Å². The first-order valence-corrected chi connectivity index (χ1v) is 7.66. The van der Waals surface area contributed by atoms with Gasteiger partial charge in [0.2, 0.25) is 0 Å². The number of terminal acetylenes is 1. The van der Waals surface area contributed by atoms with Crippen molar-refractivity contribution in [1.29, 1.82) is 0 Å². The van der Waals surface area contributed by atoms with Gasteiger partial charge in [0.25, 0.3) is 0 Å². The Hall–Kier alpha value is -3.26. The molecule has 0 aliphatic heterocycles. The lowest BCUT2D eigenvalue weighted by molar-refractivity contribution is 0.145. The summed E-state index contributed by atoms with van der Waals surface area (Å²) in [6.45, 7) is 0. The van der Waals surface area contributed by atoms with Crippen LogP contribution < -0.4 is 0 Å². The van der Waals surface area contributed by atoms with Crippen molar-refractivity contribution in [2.24, 2.45) is 0 Å².